The summed E-state index contributed by atoms with van der Waals surface area (Å²) in [6.45, 7) is 12.9. The van der Waals surface area contributed by atoms with Gasteiger partial charge in [-0.15, -0.1) is 10.2 Å². The molecule has 3 spiro atoms. The zero-order chi connectivity index (χ0) is 32.3. The molecule has 46 heavy (non-hydrogen) atoms. The van der Waals surface area contributed by atoms with E-state index in [0.717, 1.165) is 77.7 Å². The Morgan fingerprint density at radius 2 is 1.76 bits per heavy atom. The summed E-state index contributed by atoms with van der Waals surface area (Å²) >= 11 is 0. The van der Waals surface area contributed by atoms with Gasteiger partial charge in [0.25, 0.3) is 11.8 Å². The fourth-order valence-electron chi connectivity index (χ4n) is 8.83. The highest BCUT2D eigenvalue weighted by Crippen LogP contribution is 2.58. The first-order chi connectivity index (χ1) is 22.0. The maximum absolute atomic E-state index is 14.4. The Morgan fingerprint density at radius 3 is 2.39 bits per heavy atom. The molecule has 7 rings (SSSR count). The number of rotatable bonds is 8. The number of ether oxygens (including phenoxy) is 1. The van der Waals surface area contributed by atoms with Crippen molar-refractivity contribution in [3.05, 3.63) is 35.9 Å². The number of hydrogen-bond acceptors (Lipinski definition) is 8. The molecule has 1 aromatic carbocycles. The number of likely N-dealkylation sites (tertiary alicyclic amines) is 1. The van der Waals surface area contributed by atoms with E-state index in [0.29, 0.717) is 17.6 Å². The maximum Gasteiger partial charge on any atom is 0.282 e. The lowest BCUT2D eigenvalue weighted by atomic mass is 9.71. The van der Waals surface area contributed by atoms with Crippen molar-refractivity contribution in [1.82, 2.24) is 30.3 Å². The monoisotopic (exact) mass is 633 g/mol. The van der Waals surface area contributed by atoms with Crippen LogP contribution in [0.3, 0.4) is 0 Å². The smallest absolute Gasteiger partial charge is 0.282 e. The summed E-state index contributed by atoms with van der Waals surface area (Å²) in [7, 11) is 0. The molecule has 0 unspecified atom stereocenters. The lowest BCUT2D eigenvalue weighted by Crippen LogP contribution is -2.61. The molecule has 1 aromatic heterocycles. The molecule has 10 nitrogen and oxygen atoms in total. The third kappa shape index (κ3) is 5.84. The lowest BCUT2D eigenvalue weighted by Gasteiger charge is -2.54. The molecule has 2 aliphatic carbocycles. The Labute approximate surface area is 271 Å². The number of carbonyl (C=O) groups is 2. The average molecular weight is 634 g/mol. The van der Waals surface area contributed by atoms with Crippen LogP contribution in [-0.2, 0) is 4.79 Å². The van der Waals surface area contributed by atoms with Crippen LogP contribution in [0.1, 0.15) is 95.8 Å². The van der Waals surface area contributed by atoms with Crippen LogP contribution in [0.5, 0.6) is 11.6 Å². The number of hydrogen-bond donors (Lipinski definition) is 1. The van der Waals surface area contributed by atoms with E-state index in [1.165, 1.54) is 37.4 Å². The number of anilines is 1. The van der Waals surface area contributed by atoms with Crippen molar-refractivity contribution in [3.63, 3.8) is 0 Å². The highest BCUT2D eigenvalue weighted by atomic mass is 19.1. The molecule has 3 saturated heterocycles. The van der Waals surface area contributed by atoms with Crippen LogP contribution in [0.15, 0.2) is 24.5 Å². The fourth-order valence-corrected chi connectivity index (χ4v) is 8.83. The summed E-state index contributed by atoms with van der Waals surface area (Å²) < 4.78 is 20.5. The molecule has 4 heterocycles. The summed E-state index contributed by atoms with van der Waals surface area (Å²) in [5.74, 6) is 1.30. The molecule has 11 heteroatoms. The normalized spacial score (nSPS) is 26.5. The van der Waals surface area contributed by atoms with Crippen LogP contribution in [0.2, 0.25) is 0 Å². The van der Waals surface area contributed by atoms with E-state index in [-0.39, 0.29) is 51.6 Å². The van der Waals surface area contributed by atoms with Gasteiger partial charge in [-0.2, -0.15) is 0 Å². The predicted molar refractivity (Wildman–Crippen MR) is 172 cm³/mol. The highest BCUT2D eigenvalue weighted by Gasteiger charge is 2.61. The van der Waals surface area contributed by atoms with E-state index >= 15 is 0 Å². The number of benzene rings is 1. The predicted octanol–water partition coefficient (Wildman–Crippen LogP) is 5.19. The molecule has 5 fully saturated rings. The summed E-state index contributed by atoms with van der Waals surface area (Å²) in [6.07, 6.45) is 11.6. The van der Waals surface area contributed by atoms with Crippen LogP contribution in [0, 0.1) is 22.6 Å². The molecule has 1 N–H and O–H groups in total. The SMILES string of the molecule is CC(C)N(C(=O)c1cc(F)ccc1Oc1nncnc1N1CC2(CCN(CC3CCC4(CC3)CC3(CC3)C(=O)N4)CC2)C1)C(C)C. The van der Waals surface area contributed by atoms with Crippen molar-refractivity contribution in [1.29, 1.82) is 0 Å². The van der Waals surface area contributed by atoms with Gasteiger partial charge in [0.1, 0.15) is 17.9 Å². The zero-order valence-corrected chi connectivity index (χ0v) is 27.7. The molecule has 0 radical (unpaired) electrons. The number of piperidine rings is 1. The van der Waals surface area contributed by atoms with Crippen LogP contribution in [0.4, 0.5) is 10.2 Å². The van der Waals surface area contributed by atoms with E-state index in [2.05, 4.69) is 30.3 Å². The Kier molecular flexibility index (Phi) is 7.97. The van der Waals surface area contributed by atoms with Gasteiger partial charge in [0.2, 0.25) is 5.91 Å². The lowest BCUT2D eigenvalue weighted by molar-refractivity contribution is -0.124. The first-order valence-corrected chi connectivity index (χ1v) is 17.3. The van der Waals surface area contributed by atoms with Crippen LogP contribution < -0.4 is 15.0 Å². The first-order valence-electron chi connectivity index (χ1n) is 17.3. The van der Waals surface area contributed by atoms with Gasteiger partial charge in [-0.25, -0.2) is 9.37 Å². The summed E-state index contributed by atoms with van der Waals surface area (Å²) in [4.78, 5) is 37.1. The minimum atomic E-state index is -0.502. The van der Waals surface area contributed by atoms with Gasteiger partial charge in [0.15, 0.2) is 5.82 Å². The van der Waals surface area contributed by atoms with Crippen molar-refractivity contribution in [2.75, 3.05) is 37.6 Å². The molecule has 248 valence electrons. The van der Waals surface area contributed by atoms with E-state index in [9.17, 15) is 14.0 Å². The van der Waals surface area contributed by atoms with E-state index < -0.39 is 5.82 Å². The molecular weight excluding hydrogens is 585 g/mol. The zero-order valence-electron chi connectivity index (χ0n) is 27.7. The Balaban J connectivity index is 0.943. The summed E-state index contributed by atoms with van der Waals surface area (Å²) in [5, 5.41) is 11.6. The van der Waals surface area contributed by atoms with Gasteiger partial charge in [-0.1, -0.05) is 0 Å². The number of halogens is 1. The quantitative estimate of drug-likeness (QED) is 0.424. The van der Waals surface area contributed by atoms with Crippen LogP contribution >= 0.6 is 0 Å². The number of amides is 2. The van der Waals surface area contributed by atoms with Crippen molar-refractivity contribution in [2.24, 2.45) is 16.7 Å². The average Bonchev–Trinajstić information content (AvgIpc) is 3.73. The number of aromatic nitrogens is 3. The fraction of sp³-hybridized carbons (Fsp3) is 0.686. The number of carbonyl (C=O) groups excluding carboxylic acids is 2. The summed E-state index contributed by atoms with van der Waals surface area (Å²) in [6, 6.07) is 3.87. The Hall–Kier alpha value is -3.34. The second kappa shape index (κ2) is 11.7. The van der Waals surface area contributed by atoms with Crippen molar-refractivity contribution in [2.45, 2.75) is 103 Å². The molecule has 2 amide bonds. The molecule has 0 bridgehead atoms. The van der Waals surface area contributed by atoms with E-state index in [1.54, 1.807) is 4.90 Å². The van der Waals surface area contributed by atoms with Gasteiger partial charge in [-0.3, -0.25) is 9.59 Å². The second-order valence-corrected chi connectivity index (χ2v) is 15.5. The molecule has 0 atom stereocenters. The standard InChI is InChI=1S/C35H48FN7O3/c1-23(2)43(24(3)4)31(44)27-17-26(36)5-6-28(27)46-30-29(37-22-38-40-30)42-20-33(21-42)13-15-41(16-14-33)18-25-7-9-35(10-8-25)19-34(11-12-34)32(45)39-35/h5-6,17,22-25H,7-16,18-21H2,1-4H3,(H,39,45). The molecule has 3 aliphatic heterocycles. The molecule has 2 aromatic rings. The van der Waals surface area contributed by atoms with Gasteiger partial charge in [0, 0.05) is 42.7 Å². The van der Waals surface area contributed by atoms with Crippen LogP contribution in [0.25, 0.3) is 0 Å². The number of nitrogens with one attached hydrogen (secondary N) is 1. The van der Waals surface area contributed by atoms with E-state index in [4.69, 9.17) is 4.74 Å². The third-order valence-electron chi connectivity index (χ3n) is 11.5. The first kappa shape index (κ1) is 31.3. The van der Waals surface area contributed by atoms with Crippen molar-refractivity contribution >= 4 is 17.6 Å². The molecule has 2 saturated carbocycles. The maximum atomic E-state index is 14.4. The van der Waals surface area contributed by atoms with Crippen molar-refractivity contribution < 1.29 is 18.7 Å². The molecule has 5 aliphatic rings. The largest absolute Gasteiger partial charge is 0.434 e. The highest BCUT2D eigenvalue weighted by molar-refractivity contribution is 5.97. The van der Waals surface area contributed by atoms with Gasteiger partial charge in [0.05, 0.1) is 11.0 Å². The van der Waals surface area contributed by atoms with Crippen LogP contribution in [-0.4, -0.2) is 87.1 Å². The second-order valence-electron chi connectivity index (χ2n) is 15.5. The Bertz CT molecular complexity index is 1460. The number of nitrogens with zero attached hydrogens (tertiary/aromatic N) is 6. The van der Waals surface area contributed by atoms with Crippen molar-refractivity contribution in [3.8, 4) is 11.6 Å². The minimum absolute atomic E-state index is 0.00520. The topological polar surface area (TPSA) is 104 Å². The van der Waals surface area contributed by atoms with Gasteiger partial charge >= 0.3 is 0 Å². The van der Waals surface area contributed by atoms with Gasteiger partial charge in [-0.05, 0) is 123 Å². The van der Waals surface area contributed by atoms with E-state index in [1.807, 2.05) is 27.7 Å². The minimum Gasteiger partial charge on any atom is -0.434 e. The molecular formula is C35H48FN7O3. The summed E-state index contributed by atoms with van der Waals surface area (Å²) in [5.41, 5.74) is 0.485. The van der Waals surface area contributed by atoms with Gasteiger partial charge < -0.3 is 24.8 Å². The Morgan fingerprint density at radius 1 is 1.07 bits per heavy atom. The third-order valence-corrected chi connectivity index (χ3v) is 11.5.